The van der Waals surface area contributed by atoms with Gasteiger partial charge in [0.05, 0.1) is 14.2 Å². The van der Waals surface area contributed by atoms with Crippen LogP contribution in [-0.4, -0.2) is 37.1 Å². The fourth-order valence-electron chi connectivity index (χ4n) is 3.27. The normalized spacial score (nSPS) is 10.3. The monoisotopic (exact) mass is 383 g/mol. The predicted molar refractivity (Wildman–Crippen MR) is 106 cm³/mol. The minimum absolute atomic E-state index is 0.0478. The summed E-state index contributed by atoms with van der Waals surface area (Å²) in [5.41, 5.74) is 2.70. The van der Waals surface area contributed by atoms with Crippen LogP contribution in [0.25, 0.3) is 0 Å². The molecular formula is C21H25N3O4. The molecule has 0 fully saturated rings. The highest BCUT2D eigenvalue weighted by Crippen LogP contribution is 2.31. The molecule has 1 aromatic carbocycles. The Kier molecular flexibility index (Phi) is 6.83. The zero-order valence-corrected chi connectivity index (χ0v) is 16.9. The molecule has 0 saturated heterocycles. The molecule has 7 heteroatoms. The summed E-state index contributed by atoms with van der Waals surface area (Å²) in [6.07, 6.45) is 0.711. The fourth-order valence-corrected chi connectivity index (χ4v) is 3.27. The molecule has 2 rings (SSSR count). The summed E-state index contributed by atoms with van der Waals surface area (Å²) >= 11 is 0. The number of amides is 1. The summed E-state index contributed by atoms with van der Waals surface area (Å²) in [5, 5.41) is 9.17. The zero-order valence-electron chi connectivity index (χ0n) is 16.9. The number of nitrogens with one attached hydrogen (secondary N) is 1. The van der Waals surface area contributed by atoms with Crippen molar-refractivity contribution >= 4 is 5.91 Å². The van der Waals surface area contributed by atoms with Gasteiger partial charge < -0.3 is 19.4 Å². The van der Waals surface area contributed by atoms with E-state index in [0.717, 1.165) is 11.1 Å². The topological polar surface area (TPSA) is 95.4 Å². The highest BCUT2D eigenvalue weighted by molar-refractivity contribution is 5.76. The maximum atomic E-state index is 12.6. The van der Waals surface area contributed by atoms with Crippen LogP contribution in [0.1, 0.15) is 34.4 Å². The molecule has 7 nitrogen and oxygen atoms in total. The van der Waals surface area contributed by atoms with Crippen LogP contribution in [0.3, 0.4) is 0 Å². The summed E-state index contributed by atoms with van der Waals surface area (Å²) in [6, 6.07) is 7.48. The van der Waals surface area contributed by atoms with Gasteiger partial charge in [0.25, 0.3) is 5.56 Å². The molecule has 0 atom stereocenters. The van der Waals surface area contributed by atoms with E-state index in [2.05, 4.69) is 4.98 Å². The van der Waals surface area contributed by atoms with Crippen molar-refractivity contribution in [3.63, 3.8) is 0 Å². The molecule has 0 aliphatic carbocycles. The first-order valence-electron chi connectivity index (χ1n) is 8.90. The van der Waals surface area contributed by atoms with Crippen LogP contribution < -0.4 is 15.0 Å². The minimum Gasteiger partial charge on any atom is -0.493 e. The number of benzene rings is 1. The molecule has 0 spiro atoms. The van der Waals surface area contributed by atoms with E-state index in [4.69, 9.17) is 14.7 Å². The van der Waals surface area contributed by atoms with Gasteiger partial charge in [-0.3, -0.25) is 9.59 Å². The lowest BCUT2D eigenvalue weighted by Gasteiger charge is -2.20. The van der Waals surface area contributed by atoms with Gasteiger partial charge in [0.15, 0.2) is 11.5 Å². The van der Waals surface area contributed by atoms with E-state index in [1.165, 1.54) is 0 Å². The SMILES string of the molecule is COc1cccc(CN(C)C(=O)CCc2c(C)[nH]c(=O)c(C#N)c2C)c1OC. The molecule has 0 aliphatic rings. The number of nitrogens with zero attached hydrogens (tertiary/aromatic N) is 2. The molecule has 1 amide bonds. The average Bonchev–Trinajstić information content (AvgIpc) is 2.67. The van der Waals surface area contributed by atoms with Gasteiger partial charge in [0, 0.05) is 31.3 Å². The quantitative estimate of drug-likeness (QED) is 0.792. The van der Waals surface area contributed by atoms with Crippen molar-refractivity contribution in [1.29, 1.82) is 5.26 Å². The number of nitriles is 1. The first-order chi connectivity index (χ1) is 13.3. The minimum atomic E-state index is -0.394. The molecule has 0 saturated carbocycles. The standard InChI is InChI=1S/C21H25N3O4/c1-13-16(14(2)23-21(26)17(13)11-22)9-10-19(25)24(3)12-15-7-6-8-18(27-4)20(15)28-5/h6-8H,9-10,12H2,1-5H3,(H,23,26). The van der Waals surface area contributed by atoms with Crippen LogP contribution in [0.5, 0.6) is 11.5 Å². The molecule has 1 N–H and O–H groups in total. The molecule has 0 aliphatic heterocycles. The highest BCUT2D eigenvalue weighted by Gasteiger charge is 2.17. The van der Waals surface area contributed by atoms with Gasteiger partial charge in [-0.1, -0.05) is 12.1 Å². The van der Waals surface area contributed by atoms with Crippen LogP contribution in [0.2, 0.25) is 0 Å². The first-order valence-corrected chi connectivity index (χ1v) is 8.90. The summed E-state index contributed by atoms with van der Waals surface area (Å²) < 4.78 is 10.7. The van der Waals surface area contributed by atoms with Crippen LogP contribution in [-0.2, 0) is 17.8 Å². The second-order valence-corrected chi connectivity index (χ2v) is 6.57. The maximum absolute atomic E-state index is 12.6. The van der Waals surface area contributed by atoms with Crippen molar-refractivity contribution in [1.82, 2.24) is 9.88 Å². The third-order valence-electron chi connectivity index (χ3n) is 4.83. The average molecular weight is 383 g/mol. The molecule has 0 bridgehead atoms. The zero-order chi connectivity index (χ0) is 20.8. The lowest BCUT2D eigenvalue weighted by atomic mass is 9.99. The van der Waals surface area contributed by atoms with E-state index in [-0.39, 0.29) is 17.9 Å². The Balaban J connectivity index is 2.13. The van der Waals surface area contributed by atoms with Crippen molar-refractivity contribution in [3.8, 4) is 17.6 Å². The van der Waals surface area contributed by atoms with Crippen molar-refractivity contribution in [2.24, 2.45) is 0 Å². The number of ether oxygens (including phenoxy) is 2. The summed E-state index contributed by atoms with van der Waals surface area (Å²) in [4.78, 5) is 28.8. The molecule has 148 valence electrons. The number of rotatable bonds is 7. The van der Waals surface area contributed by atoms with Crippen molar-refractivity contribution in [2.75, 3.05) is 21.3 Å². The van der Waals surface area contributed by atoms with E-state index in [9.17, 15) is 9.59 Å². The number of aromatic nitrogens is 1. The van der Waals surface area contributed by atoms with Crippen LogP contribution in [0.15, 0.2) is 23.0 Å². The van der Waals surface area contributed by atoms with E-state index in [1.807, 2.05) is 18.2 Å². The van der Waals surface area contributed by atoms with Gasteiger partial charge in [-0.15, -0.1) is 0 Å². The summed E-state index contributed by atoms with van der Waals surface area (Å²) in [6.45, 7) is 3.90. The lowest BCUT2D eigenvalue weighted by molar-refractivity contribution is -0.130. The van der Waals surface area contributed by atoms with Crippen LogP contribution in [0, 0.1) is 25.2 Å². The number of pyridine rings is 1. The number of methoxy groups -OCH3 is 2. The molecule has 0 unspecified atom stereocenters. The van der Waals surface area contributed by atoms with E-state index < -0.39 is 5.56 Å². The summed E-state index contributed by atoms with van der Waals surface area (Å²) in [5.74, 6) is 1.17. The molecule has 2 aromatic rings. The Morgan fingerprint density at radius 2 is 1.96 bits per heavy atom. The second-order valence-electron chi connectivity index (χ2n) is 6.57. The maximum Gasteiger partial charge on any atom is 0.266 e. The number of hydrogen-bond acceptors (Lipinski definition) is 5. The molecule has 28 heavy (non-hydrogen) atoms. The number of hydrogen-bond donors (Lipinski definition) is 1. The van der Waals surface area contributed by atoms with Gasteiger partial charge in [0.2, 0.25) is 5.91 Å². The van der Waals surface area contributed by atoms with Gasteiger partial charge in [-0.05, 0) is 37.5 Å². The Hall–Kier alpha value is -3.27. The largest absolute Gasteiger partial charge is 0.493 e. The number of para-hydroxylation sites is 1. The van der Waals surface area contributed by atoms with Crippen LogP contribution >= 0.6 is 0 Å². The van der Waals surface area contributed by atoms with Gasteiger partial charge >= 0.3 is 0 Å². The first kappa shape index (κ1) is 21.0. The number of aryl methyl sites for hydroxylation is 1. The predicted octanol–water partition coefficient (Wildman–Crippen LogP) is 2.47. The number of carbonyl (C=O) groups excluding carboxylic acids is 1. The van der Waals surface area contributed by atoms with Gasteiger partial charge in [-0.2, -0.15) is 5.26 Å². The Labute approximate surface area is 164 Å². The molecule has 1 aromatic heterocycles. The number of carbonyl (C=O) groups is 1. The van der Waals surface area contributed by atoms with Crippen LogP contribution in [0.4, 0.5) is 0 Å². The smallest absolute Gasteiger partial charge is 0.266 e. The van der Waals surface area contributed by atoms with Gasteiger partial charge in [-0.25, -0.2) is 0 Å². The van der Waals surface area contributed by atoms with Gasteiger partial charge in [0.1, 0.15) is 11.6 Å². The Morgan fingerprint density at radius 3 is 2.57 bits per heavy atom. The highest BCUT2D eigenvalue weighted by atomic mass is 16.5. The Morgan fingerprint density at radius 1 is 1.25 bits per heavy atom. The number of aromatic amines is 1. The molecular weight excluding hydrogens is 358 g/mol. The lowest BCUT2D eigenvalue weighted by Crippen LogP contribution is -2.27. The Bertz CT molecular complexity index is 973. The summed E-state index contributed by atoms with van der Waals surface area (Å²) in [7, 11) is 4.87. The fraction of sp³-hybridized carbons (Fsp3) is 0.381. The third kappa shape index (κ3) is 4.34. The third-order valence-corrected chi connectivity index (χ3v) is 4.83. The molecule has 1 heterocycles. The molecule has 0 radical (unpaired) electrons. The van der Waals surface area contributed by atoms with Crippen molar-refractivity contribution in [3.05, 3.63) is 56.5 Å². The van der Waals surface area contributed by atoms with Crippen molar-refractivity contribution in [2.45, 2.75) is 33.2 Å². The van der Waals surface area contributed by atoms with E-state index >= 15 is 0 Å². The van der Waals surface area contributed by atoms with Crippen molar-refractivity contribution < 1.29 is 14.3 Å². The second kappa shape index (κ2) is 9.09. The van der Waals surface area contributed by atoms with E-state index in [1.54, 1.807) is 46.1 Å². The number of H-pyrrole nitrogens is 1. The van der Waals surface area contributed by atoms with E-state index in [0.29, 0.717) is 35.7 Å².